The van der Waals surface area contributed by atoms with E-state index < -0.39 is 0 Å². The molecule has 2 heterocycles. The van der Waals surface area contributed by atoms with E-state index in [-0.39, 0.29) is 12.1 Å². The predicted octanol–water partition coefficient (Wildman–Crippen LogP) is 2.28. The van der Waals surface area contributed by atoms with Crippen LogP contribution in [0.25, 0.3) is 6.08 Å². The van der Waals surface area contributed by atoms with Gasteiger partial charge in [0.15, 0.2) is 0 Å². The van der Waals surface area contributed by atoms with Crippen LogP contribution >= 0.6 is 0 Å². The standard InChI is InChI=1S/C13H14N2O2/c1-10-9-17-13(16)15(10)14-8-4-6-11-5-2-3-7-12(11)14/h2-7,10H,8-9H2,1H3. The first-order valence-electron chi connectivity index (χ1n) is 5.76. The third kappa shape index (κ3) is 1.56. The molecule has 1 saturated heterocycles. The van der Waals surface area contributed by atoms with E-state index in [2.05, 4.69) is 12.2 Å². The van der Waals surface area contributed by atoms with Crippen LogP contribution in [0.2, 0.25) is 0 Å². The highest BCUT2D eigenvalue weighted by atomic mass is 16.6. The molecule has 1 aromatic carbocycles. The van der Waals surface area contributed by atoms with Gasteiger partial charge in [-0.3, -0.25) is 5.01 Å². The summed E-state index contributed by atoms with van der Waals surface area (Å²) in [6.45, 7) is 3.16. The molecule has 1 fully saturated rings. The van der Waals surface area contributed by atoms with Gasteiger partial charge >= 0.3 is 6.09 Å². The maximum Gasteiger partial charge on any atom is 0.429 e. The minimum absolute atomic E-state index is 0.0852. The molecule has 4 nitrogen and oxygen atoms in total. The van der Waals surface area contributed by atoms with Crippen molar-refractivity contribution in [2.45, 2.75) is 13.0 Å². The van der Waals surface area contributed by atoms with E-state index in [1.807, 2.05) is 36.2 Å². The number of nitrogens with zero attached hydrogens (tertiary/aromatic N) is 2. The summed E-state index contributed by atoms with van der Waals surface area (Å²) in [4.78, 5) is 11.7. The van der Waals surface area contributed by atoms with Crippen LogP contribution in [0.3, 0.4) is 0 Å². The monoisotopic (exact) mass is 230 g/mol. The average molecular weight is 230 g/mol. The van der Waals surface area contributed by atoms with Gasteiger partial charge in [-0.1, -0.05) is 30.4 Å². The summed E-state index contributed by atoms with van der Waals surface area (Å²) in [6, 6.07) is 8.14. The SMILES string of the molecule is CC1COC(=O)N1N1CC=Cc2ccccc21. The number of benzene rings is 1. The molecule has 1 atom stereocenters. The first kappa shape index (κ1) is 10.2. The van der Waals surface area contributed by atoms with Crippen LogP contribution in [-0.2, 0) is 4.74 Å². The summed E-state index contributed by atoms with van der Waals surface area (Å²) in [7, 11) is 0. The maximum absolute atomic E-state index is 11.7. The summed E-state index contributed by atoms with van der Waals surface area (Å²) in [5, 5.41) is 3.68. The van der Waals surface area contributed by atoms with E-state index in [4.69, 9.17) is 4.74 Å². The quantitative estimate of drug-likeness (QED) is 0.742. The smallest absolute Gasteiger partial charge is 0.429 e. The minimum Gasteiger partial charge on any atom is -0.446 e. The van der Waals surface area contributed by atoms with Crippen molar-refractivity contribution in [1.29, 1.82) is 0 Å². The highest BCUT2D eigenvalue weighted by Crippen LogP contribution is 2.29. The van der Waals surface area contributed by atoms with Gasteiger partial charge in [-0.2, -0.15) is 0 Å². The van der Waals surface area contributed by atoms with Gasteiger partial charge in [0.25, 0.3) is 0 Å². The molecule has 17 heavy (non-hydrogen) atoms. The van der Waals surface area contributed by atoms with Crippen molar-refractivity contribution >= 4 is 17.9 Å². The summed E-state index contributed by atoms with van der Waals surface area (Å²) in [5.41, 5.74) is 2.19. The van der Waals surface area contributed by atoms with Crippen LogP contribution in [-0.4, -0.2) is 30.3 Å². The first-order valence-corrected chi connectivity index (χ1v) is 5.76. The molecule has 1 amide bonds. The zero-order valence-corrected chi connectivity index (χ0v) is 9.67. The second kappa shape index (κ2) is 3.80. The molecule has 0 spiro atoms. The summed E-state index contributed by atoms with van der Waals surface area (Å²) in [6.07, 6.45) is 3.88. The number of hydrogen-bond donors (Lipinski definition) is 0. The van der Waals surface area contributed by atoms with E-state index in [1.165, 1.54) is 0 Å². The summed E-state index contributed by atoms with van der Waals surface area (Å²) >= 11 is 0. The second-order valence-electron chi connectivity index (χ2n) is 4.31. The van der Waals surface area contributed by atoms with Gasteiger partial charge in [0, 0.05) is 0 Å². The fraction of sp³-hybridized carbons (Fsp3) is 0.308. The second-order valence-corrected chi connectivity index (χ2v) is 4.31. The molecule has 1 unspecified atom stereocenters. The Balaban J connectivity index is 2.00. The Morgan fingerprint density at radius 3 is 2.94 bits per heavy atom. The lowest BCUT2D eigenvalue weighted by molar-refractivity contribution is 0.155. The fourth-order valence-corrected chi connectivity index (χ4v) is 2.29. The molecular weight excluding hydrogens is 216 g/mol. The molecule has 3 rings (SSSR count). The lowest BCUT2D eigenvalue weighted by atomic mass is 10.1. The highest BCUT2D eigenvalue weighted by Gasteiger charge is 2.35. The Kier molecular flexibility index (Phi) is 2.28. The van der Waals surface area contributed by atoms with E-state index >= 15 is 0 Å². The number of cyclic esters (lactones) is 1. The lowest BCUT2D eigenvalue weighted by Gasteiger charge is -2.36. The van der Waals surface area contributed by atoms with Gasteiger partial charge in [0.05, 0.1) is 18.3 Å². The maximum atomic E-state index is 11.7. The van der Waals surface area contributed by atoms with Crippen molar-refractivity contribution in [3.63, 3.8) is 0 Å². The molecule has 4 heteroatoms. The van der Waals surface area contributed by atoms with Gasteiger partial charge in [-0.05, 0) is 18.6 Å². The molecule has 1 aromatic rings. The van der Waals surface area contributed by atoms with Crippen molar-refractivity contribution in [1.82, 2.24) is 5.01 Å². The van der Waals surface area contributed by atoms with E-state index in [0.29, 0.717) is 13.2 Å². The minimum atomic E-state index is -0.261. The number of anilines is 1. The largest absolute Gasteiger partial charge is 0.446 e. The number of para-hydroxylation sites is 1. The van der Waals surface area contributed by atoms with Crippen LogP contribution in [0.1, 0.15) is 12.5 Å². The van der Waals surface area contributed by atoms with Gasteiger partial charge in [-0.15, -0.1) is 0 Å². The van der Waals surface area contributed by atoms with Gasteiger partial charge < -0.3 is 4.74 Å². The fourth-order valence-electron chi connectivity index (χ4n) is 2.29. The zero-order chi connectivity index (χ0) is 11.8. The number of hydrazine groups is 1. The predicted molar refractivity (Wildman–Crippen MR) is 65.5 cm³/mol. The molecule has 88 valence electrons. The third-order valence-electron chi connectivity index (χ3n) is 3.10. The van der Waals surface area contributed by atoms with E-state index in [0.717, 1.165) is 11.3 Å². The molecule has 0 N–H and O–H groups in total. The number of ether oxygens (including phenoxy) is 1. The molecule has 0 aliphatic carbocycles. The number of hydrogen-bond acceptors (Lipinski definition) is 3. The van der Waals surface area contributed by atoms with Crippen molar-refractivity contribution < 1.29 is 9.53 Å². The molecule has 2 aliphatic rings. The van der Waals surface area contributed by atoms with Crippen LogP contribution in [0.4, 0.5) is 10.5 Å². The Hall–Kier alpha value is -1.97. The number of rotatable bonds is 1. The molecule has 0 bridgehead atoms. The van der Waals surface area contributed by atoms with Crippen molar-refractivity contribution in [2.75, 3.05) is 18.2 Å². The average Bonchev–Trinajstić information content (AvgIpc) is 2.69. The number of carbonyl (C=O) groups excluding carboxylic acids is 1. The van der Waals surface area contributed by atoms with Crippen molar-refractivity contribution in [3.8, 4) is 0 Å². The summed E-state index contributed by atoms with van der Waals surface area (Å²) in [5.74, 6) is 0. The van der Waals surface area contributed by atoms with Crippen LogP contribution < -0.4 is 5.01 Å². The number of amides is 1. The normalized spacial score (nSPS) is 22.6. The Labute approximate surface area is 100 Å². The third-order valence-corrected chi connectivity index (χ3v) is 3.10. The van der Waals surface area contributed by atoms with Gasteiger partial charge in [0.1, 0.15) is 6.61 Å². The Bertz CT molecular complexity index is 484. The van der Waals surface area contributed by atoms with Gasteiger partial charge in [-0.25, -0.2) is 9.80 Å². The topological polar surface area (TPSA) is 32.8 Å². The highest BCUT2D eigenvalue weighted by molar-refractivity contribution is 5.77. The molecule has 2 aliphatic heterocycles. The van der Waals surface area contributed by atoms with Crippen LogP contribution in [0.5, 0.6) is 0 Å². The summed E-state index contributed by atoms with van der Waals surface area (Å²) < 4.78 is 5.07. The molecule has 0 radical (unpaired) electrons. The molecule has 0 aromatic heterocycles. The van der Waals surface area contributed by atoms with E-state index in [1.54, 1.807) is 5.01 Å². The molecule has 0 saturated carbocycles. The Morgan fingerprint density at radius 1 is 1.35 bits per heavy atom. The zero-order valence-electron chi connectivity index (χ0n) is 9.67. The van der Waals surface area contributed by atoms with Crippen molar-refractivity contribution in [2.24, 2.45) is 0 Å². The van der Waals surface area contributed by atoms with Crippen LogP contribution in [0, 0.1) is 0 Å². The van der Waals surface area contributed by atoms with Gasteiger partial charge in [0.2, 0.25) is 0 Å². The molecular formula is C13H14N2O2. The number of carbonyl (C=O) groups is 1. The Morgan fingerprint density at radius 2 is 2.18 bits per heavy atom. The van der Waals surface area contributed by atoms with Crippen molar-refractivity contribution in [3.05, 3.63) is 35.9 Å². The van der Waals surface area contributed by atoms with E-state index in [9.17, 15) is 4.79 Å². The first-order chi connectivity index (χ1) is 8.27. The lowest BCUT2D eigenvalue weighted by Crippen LogP contribution is -2.48. The van der Waals surface area contributed by atoms with Crippen LogP contribution in [0.15, 0.2) is 30.3 Å². The number of fused-ring (bicyclic) bond motifs is 1.